The van der Waals surface area contributed by atoms with Gasteiger partial charge >= 0.3 is 6.03 Å². The number of rotatable bonds is 3. The van der Waals surface area contributed by atoms with Crippen LogP contribution in [0.2, 0.25) is 10.0 Å². The molecule has 146 valence electrons. The largest absolute Gasteiger partial charge is 0.394 e. The number of hydrogen-bond acceptors (Lipinski definition) is 2. The number of aliphatic hydroxyl groups is 1. The lowest BCUT2D eigenvalue weighted by Crippen LogP contribution is -2.46. The van der Waals surface area contributed by atoms with Crippen molar-refractivity contribution in [2.24, 2.45) is 0 Å². The molecular formula is C20H18Cl2FN3O2. The molecule has 0 saturated heterocycles. The standard InChI is InChI=1S/C20H18Cl2FN3O2/c21-12-3-1-2-11(8-12)9-24-20(28)26-7-6-13-17-15(5-4-14(22)18(17)23)25-19(13)16(26)10-27/h1-5,8,16,25,27H,6-7,9-10H2,(H,24,28). The van der Waals surface area contributed by atoms with Crippen LogP contribution in [-0.4, -0.2) is 34.2 Å². The first-order chi connectivity index (χ1) is 13.5. The number of nitrogens with zero attached hydrogens (tertiary/aromatic N) is 1. The molecule has 1 aromatic heterocycles. The summed E-state index contributed by atoms with van der Waals surface area (Å²) in [5.74, 6) is -0.479. The molecule has 3 aromatic rings. The highest BCUT2D eigenvalue weighted by molar-refractivity contribution is 6.31. The molecule has 3 N–H and O–H groups in total. The first-order valence-corrected chi connectivity index (χ1v) is 9.63. The summed E-state index contributed by atoms with van der Waals surface area (Å²) in [6.45, 7) is 0.399. The Labute approximate surface area is 171 Å². The van der Waals surface area contributed by atoms with Crippen LogP contribution in [0, 0.1) is 5.82 Å². The third-order valence-corrected chi connectivity index (χ3v) is 5.60. The van der Waals surface area contributed by atoms with Crippen LogP contribution in [0.25, 0.3) is 10.9 Å². The van der Waals surface area contributed by atoms with Crippen LogP contribution in [0.3, 0.4) is 0 Å². The van der Waals surface area contributed by atoms with Crippen molar-refractivity contribution in [2.45, 2.75) is 19.0 Å². The van der Waals surface area contributed by atoms with Crippen molar-refractivity contribution in [1.29, 1.82) is 0 Å². The van der Waals surface area contributed by atoms with Gasteiger partial charge in [0.05, 0.1) is 17.7 Å². The quantitative estimate of drug-likeness (QED) is 0.585. The molecule has 0 saturated carbocycles. The maximum absolute atomic E-state index is 14.5. The molecule has 0 spiro atoms. The Morgan fingerprint density at radius 1 is 1.32 bits per heavy atom. The lowest BCUT2D eigenvalue weighted by atomic mass is 9.97. The summed E-state index contributed by atoms with van der Waals surface area (Å²) in [5.41, 5.74) is 2.88. The molecule has 0 aliphatic carbocycles. The summed E-state index contributed by atoms with van der Waals surface area (Å²) in [5, 5.41) is 13.9. The van der Waals surface area contributed by atoms with E-state index in [1.807, 2.05) is 12.1 Å². The number of H-pyrrole nitrogens is 1. The van der Waals surface area contributed by atoms with Crippen molar-refractivity contribution in [3.63, 3.8) is 0 Å². The second kappa shape index (κ2) is 7.62. The van der Waals surface area contributed by atoms with Crippen molar-refractivity contribution < 1.29 is 14.3 Å². The Hall–Kier alpha value is -2.28. The second-order valence-corrected chi connectivity index (χ2v) is 7.58. The third-order valence-electron chi connectivity index (χ3n) is 5.07. The lowest BCUT2D eigenvalue weighted by molar-refractivity contribution is 0.125. The van der Waals surface area contributed by atoms with Gasteiger partial charge in [-0.15, -0.1) is 0 Å². The number of nitrogens with one attached hydrogen (secondary N) is 2. The number of aromatic amines is 1. The molecule has 1 atom stereocenters. The monoisotopic (exact) mass is 421 g/mol. The van der Waals surface area contributed by atoms with Crippen LogP contribution in [0.1, 0.15) is 22.9 Å². The van der Waals surface area contributed by atoms with Gasteiger partial charge in [-0.05, 0) is 41.8 Å². The molecule has 0 fully saturated rings. The number of urea groups is 1. The molecule has 1 aliphatic rings. The highest BCUT2D eigenvalue weighted by atomic mass is 35.5. The second-order valence-electron chi connectivity index (χ2n) is 6.73. The molecule has 1 unspecified atom stereocenters. The minimum atomic E-state index is -0.589. The van der Waals surface area contributed by atoms with Gasteiger partial charge in [-0.2, -0.15) is 0 Å². The molecule has 1 aliphatic heterocycles. The van der Waals surface area contributed by atoms with Gasteiger partial charge in [0.15, 0.2) is 5.82 Å². The molecule has 5 nitrogen and oxygen atoms in total. The highest BCUT2D eigenvalue weighted by Gasteiger charge is 2.33. The number of carbonyl (C=O) groups is 1. The number of benzene rings is 2. The number of halogens is 3. The van der Waals surface area contributed by atoms with E-state index >= 15 is 0 Å². The Morgan fingerprint density at radius 3 is 2.89 bits per heavy atom. The van der Waals surface area contributed by atoms with E-state index < -0.39 is 11.9 Å². The van der Waals surface area contributed by atoms with Crippen molar-refractivity contribution in [1.82, 2.24) is 15.2 Å². The number of aromatic nitrogens is 1. The van der Waals surface area contributed by atoms with E-state index in [0.29, 0.717) is 41.1 Å². The van der Waals surface area contributed by atoms with Crippen LogP contribution in [0.5, 0.6) is 0 Å². The van der Waals surface area contributed by atoms with E-state index in [9.17, 15) is 14.3 Å². The van der Waals surface area contributed by atoms with Crippen molar-refractivity contribution in [2.75, 3.05) is 13.2 Å². The van der Waals surface area contributed by atoms with Gasteiger partial charge in [-0.3, -0.25) is 0 Å². The first kappa shape index (κ1) is 19.1. The minimum absolute atomic E-state index is 0.0524. The van der Waals surface area contributed by atoms with E-state index in [2.05, 4.69) is 10.3 Å². The first-order valence-electron chi connectivity index (χ1n) is 8.87. The number of hydrogen-bond donors (Lipinski definition) is 3. The topological polar surface area (TPSA) is 68.4 Å². The summed E-state index contributed by atoms with van der Waals surface area (Å²) in [7, 11) is 0. The summed E-state index contributed by atoms with van der Waals surface area (Å²) in [6.07, 6.45) is 0.466. The highest BCUT2D eigenvalue weighted by Crippen LogP contribution is 2.37. The zero-order chi connectivity index (χ0) is 19.8. The summed E-state index contributed by atoms with van der Waals surface area (Å²) in [4.78, 5) is 17.4. The maximum atomic E-state index is 14.5. The fraction of sp³-hybridized carbons (Fsp3) is 0.250. The molecule has 2 aromatic carbocycles. The van der Waals surface area contributed by atoms with Gasteiger partial charge in [0, 0.05) is 34.7 Å². The lowest BCUT2D eigenvalue weighted by Gasteiger charge is -2.34. The Balaban J connectivity index is 1.59. The fourth-order valence-corrected chi connectivity index (χ4v) is 4.12. The summed E-state index contributed by atoms with van der Waals surface area (Å²) < 4.78 is 14.5. The zero-order valence-electron chi connectivity index (χ0n) is 14.8. The molecule has 2 amide bonds. The maximum Gasteiger partial charge on any atom is 0.318 e. The van der Waals surface area contributed by atoms with Gasteiger partial charge in [-0.1, -0.05) is 35.3 Å². The van der Waals surface area contributed by atoms with Crippen LogP contribution >= 0.6 is 23.2 Å². The molecule has 28 heavy (non-hydrogen) atoms. The SMILES string of the molecule is O=C(NCc1cccc(Cl)c1)N1CCc2c([nH]c3ccc(Cl)c(F)c23)C1CO. The van der Waals surface area contributed by atoms with E-state index in [-0.39, 0.29) is 17.7 Å². The summed E-state index contributed by atoms with van der Waals surface area (Å²) in [6, 6.07) is 9.54. The zero-order valence-corrected chi connectivity index (χ0v) is 16.3. The number of amides is 2. The van der Waals surface area contributed by atoms with Gasteiger partial charge in [0.1, 0.15) is 0 Å². The predicted molar refractivity (Wildman–Crippen MR) is 107 cm³/mol. The van der Waals surface area contributed by atoms with Gasteiger partial charge in [-0.25, -0.2) is 9.18 Å². The van der Waals surface area contributed by atoms with Gasteiger partial charge in [0.2, 0.25) is 0 Å². The smallest absolute Gasteiger partial charge is 0.318 e. The van der Waals surface area contributed by atoms with E-state index in [4.69, 9.17) is 23.2 Å². The van der Waals surface area contributed by atoms with Gasteiger partial charge in [0.25, 0.3) is 0 Å². The van der Waals surface area contributed by atoms with E-state index in [1.54, 1.807) is 23.1 Å². The number of aliphatic hydroxyl groups excluding tert-OH is 1. The number of fused-ring (bicyclic) bond motifs is 3. The molecule has 0 bridgehead atoms. The molecule has 0 radical (unpaired) electrons. The van der Waals surface area contributed by atoms with Crippen LogP contribution in [0.15, 0.2) is 36.4 Å². The van der Waals surface area contributed by atoms with Crippen LogP contribution in [0.4, 0.5) is 9.18 Å². The van der Waals surface area contributed by atoms with Crippen LogP contribution in [-0.2, 0) is 13.0 Å². The molecule has 8 heteroatoms. The average molecular weight is 422 g/mol. The fourth-order valence-electron chi connectivity index (χ4n) is 3.75. The van der Waals surface area contributed by atoms with Crippen molar-refractivity contribution >= 4 is 40.1 Å². The Bertz CT molecular complexity index is 1050. The van der Waals surface area contributed by atoms with Crippen molar-refractivity contribution in [3.8, 4) is 0 Å². The molecule has 4 rings (SSSR count). The van der Waals surface area contributed by atoms with Crippen molar-refractivity contribution in [3.05, 3.63) is 69.1 Å². The normalized spacial score (nSPS) is 16.3. The Kier molecular flexibility index (Phi) is 5.19. The van der Waals surface area contributed by atoms with Crippen LogP contribution < -0.4 is 5.32 Å². The molecule has 2 heterocycles. The van der Waals surface area contributed by atoms with E-state index in [0.717, 1.165) is 11.1 Å². The van der Waals surface area contributed by atoms with Gasteiger partial charge < -0.3 is 20.3 Å². The Morgan fingerprint density at radius 2 is 2.14 bits per heavy atom. The average Bonchev–Trinajstić information content (AvgIpc) is 3.07. The minimum Gasteiger partial charge on any atom is -0.394 e. The molecular weight excluding hydrogens is 404 g/mol. The summed E-state index contributed by atoms with van der Waals surface area (Å²) >= 11 is 11.9. The number of carbonyl (C=O) groups excluding carboxylic acids is 1. The third kappa shape index (κ3) is 3.32. The predicted octanol–water partition coefficient (Wildman–Crippen LogP) is 4.42. The van der Waals surface area contributed by atoms with E-state index in [1.165, 1.54) is 6.07 Å².